The van der Waals surface area contributed by atoms with Gasteiger partial charge in [0.2, 0.25) is 0 Å². The molecule has 4 heteroatoms. The van der Waals surface area contributed by atoms with E-state index in [1.54, 1.807) is 18.6 Å². The Morgan fingerprint density at radius 3 is 2.31 bits per heavy atom. The van der Waals surface area contributed by atoms with Crippen LogP contribution in [0.15, 0.2) is 45.6 Å². The van der Waals surface area contributed by atoms with Crippen LogP contribution in [0.25, 0.3) is 0 Å². The minimum atomic E-state index is -0.213. The second-order valence-electron chi connectivity index (χ2n) is 3.65. The Hall–Kier alpha value is -1.52. The summed E-state index contributed by atoms with van der Waals surface area (Å²) in [4.78, 5) is 0. The van der Waals surface area contributed by atoms with Crippen molar-refractivity contribution >= 4 is 0 Å². The van der Waals surface area contributed by atoms with E-state index in [9.17, 15) is 5.11 Å². The molecule has 0 aliphatic carbocycles. The fourth-order valence-electron chi connectivity index (χ4n) is 1.64. The van der Waals surface area contributed by atoms with Crippen molar-refractivity contribution in [3.63, 3.8) is 0 Å². The molecule has 2 aromatic heterocycles. The molecule has 2 heterocycles. The second kappa shape index (κ2) is 5.01. The van der Waals surface area contributed by atoms with Gasteiger partial charge in [-0.15, -0.1) is 0 Å². The quantitative estimate of drug-likeness (QED) is 0.813. The van der Waals surface area contributed by atoms with E-state index in [0.717, 1.165) is 11.5 Å². The number of aliphatic hydroxyl groups excluding tert-OH is 1. The summed E-state index contributed by atoms with van der Waals surface area (Å²) in [5.74, 6) is 1.56. The third-order valence-electron chi connectivity index (χ3n) is 2.49. The predicted octanol–water partition coefficient (Wildman–Crippen LogP) is 2.26. The van der Waals surface area contributed by atoms with Gasteiger partial charge in [0.05, 0.1) is 31.2 Å². The molecular formula is C12H15NO3. The molecule has 2 atom stereocenters. The molecule has 0 saturated carbocycles. The van der Waals surface area contributed by atoms with Crippen LogP contribution in [0, 0.1) is 0 Å². The molecule has 86 valence electrons. The van der Waals surface area contributed by atoms with Crippen LogP contribution in [0.1, 0.15) is 30.5 Å². The highest BCUT2D eigenvalue weighted by molar-refractivity contribution is 5.08. The third-order valence-corrected chi connectivity index (χ3v) is 2.49. The first kappa shape index (κ1) is 11.0. The van der Waals surface area contributed by atoms with Gasteiger partial charge >= 0.3 is 0 Å². The number of hydrogen-bond donors (Lipinski definition) is 2. The highest BCUT2D eigenvalue weighted by Crippen LogP contribution is 2.19. The molecule has 0 bridgehead atoms. The van der Waals surface area contributed by atoms with Crippen LogP contribution >= 0.6 is 0 Å². The largest absolute Gasteiger partial charge is 0.468 e. The molecule has 2 N–H and O–H groups in total. The summed E-state index contributed by atoms with van der Waals surface area (Å²) < 4.78 is 10.5. The molecule has 0 saturated heterocycles. The highest BCUT2D eigenvalue weighted by Gasteiger charge is 2.17. The van der Waals surface area contributed by atoms with E-state index < -0.39 is 0 Å². The van der Waals surface area contributed by atoms with E-state index in [2.05, 4.69) is 5.32 Å². The molecule has 2 unspecified atom stereocenters. The third kappa shape index (κ3) is 2.35. The van der Waals surface area contributed by atoms with Crippen molar-refractivity contribution in [2.24, 2.45) is 0 Å². The van der Waals surface area contributed by atoms with Crippen LogP contribution in [0.4, 0.5) is 0 Å². The van der Waals surface area contributed by atoms with Crippen molar-refractivity contribution in [3.05, 3.63) is 48.3 Å². The standard InChI is InChI=1S/C12H15NO3/c1-9(11-4-2-6-15-11)13-10(8-14)12-5-3-7-16-12/h2-7,9-10,13-14H,8H2,1H3. The average molecular weight is 221 g/mol. The van der Waals surface area contributed by atoms with Gasteiger partial charge in [-0.1, -0.05) is 0 Å². The van der Waals surface area contributed by atoms with Crippen molar-refractivity contribution in [2.75, 3.05) is 6.61 Å². The fourth-order valence-corrected chi connectivity index (χ4v) is 1.64. The molecule has 2 aromatic rings. The maximum Gasteiger partial charge on any atom is 0.123 e. The SMILES string of the molecule is CC(NC(CO)c1ccco1)c1ccco1. The Kier molecular flexibility index (Phi) is 3.44. The fraction of sp³-hybridized carbons (Fsp3) is 0.333. The summed E-state index contributed by atoms with van der Waals surface area (Å²) in [6.07, 6.45) is 3.23. The molecule has 0 amide bonds. The normalized spacial score (nSPS) is 14.9. The summed E-state index contributed by atoms with van der Waals surface area (Å²) in [7, 11) is 0. The first-order chi connectivity index (χ1) is 7.81. The minimum absolute atomic E-state index is 0.0153. The van der Waals surface area contributed by atoms with Crippen LogP contribution in [0.5, 0.6) is 0 Å². The number of hydrogen-bond acceptors (Lipinski definition) is 4. The Bertz CT molecular complexity index is 394. The highest BCUT2D eigenvalue weighted by atomic mass is 16.3. The molecule has 0 radical (unpaired) electrons. The smallest absolute Gasteiger partial charge is 0.123 e. The minimum Gasteiger partial charge on any atom is -0.468 e. The molecule has 0 aliphatic heterocycles. The summed E-state index contributed by atoms with van der Waals surface area (Å²) in [6.45, 7) is 1.96. The monoisotopic (exact) mass is 221 g/mol. The van der Waals surface area contributed by atoms with E-state index in [0.29, 0.717) is 0 Å². The van der Waals surface area contributed by atoms with E-state index in [1.165, 1.54) is 0 Å². The lowest BCUT2D eigenvalue weighted by molar-refractivity contribution is 0.212. The molecule has 16 heavy (non-hydrogen) atoms. The van der Waals surface area contributed by atoms with E-state index in [-0.39, 0.29) is 18.7 Å². The number of nitrogens with one attached hydrogen (secondary N) is 1. The lowest BCUT2D eigenvalue weighted by Crippen LogP contribution is -2.26. The average Bonchev–Trinajstić information content (AvgIpc) is 2.96. The number of rotatable bonds is 5. The summed E-state index contributed by atoms with van der Waals surface area (Å²) in [6, 6.07) is 7.19. The molecule has 0 fully saturated rings. The maximum atomic E-state index is 9.29. The van der Waals surface area contributed by atoms with Gasteiger partial charge in [0, 0.05) is 0 Å². The van der Waals surface area contributed by atoms with Gasteiger partial charge < -0.3 is 13.9 Å². The first-order valence-electron chi connectivity index (χ1n) is 5.25. The number of aliphatic hydroxyl groups is 1. The molecular weight excluding hydrogens is 206 g/mol. The van der Waals surface area contributed by atoms with Crippen LogP contribution in [-0.2, 0) is 0 Å². The lowest BCUT2D eigenvalue weighted by atomic mass is 10.2. The van der Waals surface area contributed by atoms with Gasteiger partial charge in [-0.2, -0.15) is 0 Å². The summed E-state index contributed by atoms with van der Waals surface area (Å²) >= 11 is 0. The first-order valence-corrected chi connectivity index (χ1v) is 5.25. The van der Waals surface area contributed by atoms with Crippen molar-refractivity contribution in [1.82, 2.24) is 5.32 Å². The zero-order valence-electron chi connectivity index (χ0n) is 9.09. The van der Waals surface area contributed by atoms with Gasteiger partial charge in [-0.25, -0.2) is 0 Å². The molecule has 0 aliphatic rings. The van der Waals surface area contributed by atoms with Crippen LogP contribution < -0.4 is 5.32 Å². The zero-order chi connectivity index (χ0) is 11.4. The van der Waals surface area contributed by atoms with Crippen molar-refractivity contribution < 1.29 is 13.9 Å². The summed E-state index contributed by atoms with van der Waals surface area (Å²) in [5.41, 5.74) is 0. The van der Waals surface area contributed by atoms with Crippen molar-refractivity contribution in [2.45, 2.75) is 19.0 Å². The molecule has 4 nitrogen and oxygen atoms in total. The molecule has 0 spiro atoms. The summed E-state index contributed by atoms with van der Waals surface area (Å²) in [5, 5.41) is 12.5. The lowest BCUT2D eigenvalue weighted by Gasteiger charge is -2.18. The van der Waals surface area contributed by atoms with Gasteiger partial charge in [-0.3, -0.25) is 5.32 Å². The Morgan fingerprint density at radius 2 is 1.81 bits per heavy atom. The Balaban J connectivity index is 2.02. The van der Waals surface area contributed by atoms with Gasteiger partial charge in [-0.05, 0) is 31.2 Å². The predicted molar refractivity (Wildman–Crippen MR) is 58.8 cm³/mol. The number of furan rings is 2. The maximum absolute atomic E-state index is 9.29. The topological polar surface area (TPSA) is 58.5 Å². The Labute approximate surface area is 93.9 Å². The van der Waals surface area contributed by atoms with Crippen molar-refractivity contribution in [3.8, 4) is 0 Å². The van der Waals surface area contributed by atoms with E-state index >= 15 is 0 Å². The van der Waals surface area contributed by atoms with Crippen LogP contribution in [0.3, 0.4) is 0 Å². The molecule has 2 rings (SSSR count). The van der Waals surface area contributed by atoms with E-state index in [4.69, 9.17) is 8.83 Å². The van der Waals surface area contributed by atoms with Gasteiger partial charge in [0.1, 0.15) is 11.5 Å². The Morgan fingerprint density at radius 1 is 1.19 bits per heavy atom. The zero-order valence-corrected chi connectivity index (χ0v) is 9.09. The second-order valence-corrected chi connectivity index (χ2v) is 3.65. The van der Waals surface area contributed by atoms with Crippen molar-refractivity contribution in [1.29, 1.82) is 0 Å². The van der Waals surface area contributed by atoms with Gasteiger partial charge in [0.25, 0.3) is 0 Å². The van der Waals surface area contributed by atoms with Gasteiger partial charge in [0.15, 0.2) is 0 Å². The van der Waals surface area contributed by atoms with E-state index in [1.807, 2.05) is 25.1 Å². The van der Waals surface area contributed by atoms with Crippen LogP contribution in [0.2, 0.25) is 0 Å². The van der Waals surface area contributed by atoms with Crippen LogP contribution in [-0.4, -0.2) is 11.7 Å². The molecule has 0 aromatic carbocycles.